The standard InChI is InChI=1S/C21H24N2O3/c1-15(20-12-16-8-6-7-11-19(16)26-20)23(2)21(24)22-13-17-9-4-5-10-18(17)14-25-3/h4-12,15H,13-14H2,1-3H3,(H,22,24). The fourth-order valence-electron chi connectivity index (χ4n) is 2.90. The van der Waals surface area contributed by atoms with Gasteiger partial charge in [0.25, 0.3) is 0 Å². The Balaban J connectivity index is 1.65. The molecule has 1 atom stereocenters. The highest BCUT2D eigenvalue weighted by molar-refractivity contribution is 5.78. The van der Waals surface area contributed by atoms with Crippen LogP contribution in [-0.4, -0.2) is 25.1 Å². The normalized spacial score (nSPS) is 12.1. The first kappa shape index (κ1) is 18.0. The van der Waals surface area contributed by atoms with Gasteiger partial charge in [-0.3, -0.25) is 0 Å². The Morgan fingerprint density at radius 1 is 1.15 bits per heavy atom. The van der Waals surface area contributed by atoms with Gasteiger partial charge < -0.3 is 19.4 Å². The second-order valence-corrected chi connectivity index (χ2v) is 6.33. The molecule has 5 heteroatoms. The number of methoxy groups -OCH3 is 1. The Morgan fingerprint density at radius 3 is 2.58 bits per heavy atom. The molecule has 0 saturated heterocycles. The molecular weight excluding hydrogens is 328 g/mol. The fourth-order valence-corrected chi connectivity index (χ4v) is 2.90. The van der Waals surface area contributed by atoms with Gasteiger partial charge in [0.05, 0.1) is 12.6 Å². The first-order valence-electron chi connectivity index (χ1n) is 8.65. The van der Waals surface area contributed by atoms with Crippen LogP contribution in [0.5, 0.6) is 0 Å². The zero-order chi connectivity index (χ0) is 18.5. The number of urea groups is 1. The molecule has 0 saturated carbocycles. The van der Waals surface area contributed by atoms with Gasteiger partial charge in [0.15, 0.2) is 0 Å². The summed E-state index contributed by atoms with van der Waals surface area (Å²) in [6, 6.07) is 17.4. The topological polar surface area (TPSA) is 54.7 Å². The predicted octanol–water partition coefficient (Wildman–Crippen LogP) is 4.48. The van der Waals surface area contributed by atoms with Crippen LogP contribution in [0.25, 0.3) is 11.0 Å². The largest absolute Gasteiger partial charge is 0.459 e. The van der Waals surface area contributed by atoms with Gasteiger partial charge >= 0.3 is 6.03 Å². The van der Waals surface area contributed by atoms with E-state index in [0.717, 1.165) is 27.9 Å². The summed E-state index contributed by atoms with van der Waals surface area (Å²) in [5.74, 6) is 0.767. The maximum atomic E-state index is 12.6. The molecule has 0 spiro atoms. The Hall–Kier alpha value is -2.79. The molecule has 0 bridgehead atoms. The smallest absolute Gasteiger partial charge is 0.318 e. The van der Waals surface area contributed by atoms with Crippen LogP contribution in [0.15, 0.2) is 59.0 Å². The Kier molecular flexibility index (Phi) is 5.58. The number of nitrogens with one attached hydrogen (secondary N) is 1. The fraction of sp³-hybridized carbons (Fsp3) is 0.286. The quantitative estimate of drug-likeness (QED) is 0.711. The van der Waals surface area contributed by atoms with E-state index in [1.807, 2.05) is 61.5 Å². The maximum absolute atomic E-state index is 12.6. The van der Waals surface area contributed by atoms with E-state index in [-0.39, 0.29) is 12.1 Å². The molecule has 0 aliphatic rings. The minimum Gasteiger partial charge on any atom is -0.459 e. The van der Waals surface area contributed by atoms with Gasteiger partial charge in [-0.1, -0.05) is 42.5 Å². The van der Waals surface area contributed by atoms with E-state index in [0.29, 0.717) is 13.2 Å². The molecule has 1 unspecified atom stereocenters. The summed E-state index contributed by atoms with van der Waals surface area (Å²) in [4.78, 5) is 14.2. The number of benzene rings is 2. The molecule has 0 aliphatic heterocycles. The predicted molar refractivity (Wildman–Crippen MR) is 102 cm³/mol. The zero-order valence-corrected chi connectivity index (χ0v) is 15.4. The molecule has 1 N–H and O–H groups in total. The number of para-hydroxylation sites is 1. The van der Waals surface area contributed by atoms with Gasteiger partial charge in [0.1, 0.15) is 11.3 Å². The van der Waals surface area contributed by atoms with Crippen molar-refractivity contribution >= 4 is 17.0 Å². The Labute approximate surface area is 153 Å². The third-order valence-electron chi connectivity index (χ3n) is 4.61. The summed E-state index contributed by atoms with van der Waals surface area (Å²) in [6.07, 6.45) is 0. The van der Waals surface area contributed by atoms with Gasteiger partial charge in [-0.25, -0.2) is 4.79 Å². The summed E-state index contributed by atoms with van der Waals surface area (Å²) in [5.41, 5.74) is 2.95. The molecule has 26 heavy (non-hydrogen) atoms. The summed E-state index contributed by atoms with van der Waals surface area (Å²) < 4.78 is 11.1. The number of hydrogen-bond acceptors (Lipinski definition) is 3. The van der Waals surface area contributed by atoms with Crippen molar-refractivity contribution in [1.29, 1.82) is 0 Å². The van der Waals surface area contributed by atoms with Crippen molar-refractivity contribution < 1.29 is 13.9 Å². The lowest BCUT2D eigenvalue weighted by molar-refractivity contribution is 0.182. The number of carbonyl (C=O) groups is 1. The second-order valence-electron chi connectivity index (χ2n) is 6.33. The van der Waals surface area contributed by atoms with Crippen LogP contribution in [-0.2, 0) is 17.9 Å². The number of fused-ring (bicyclic) bond motifs is 1. The van der Waals surface area contributed by atoms with Crippen molar-refractivity contribution in [3.8, 4) is 0 Å². The van der Waals surface area contributed by atoms with Gasteiger partial charge in [0, 0.05) is 26.1 Å². The highest BCUT2D eigenvalue weighted by Crippen LogP contribution is 2.26. The van der Waals surface area contributed by atoms with E-state index in [9.17, 15) is 4.79 Å². The molecule has 2 aromatic carbocycles. The lowest BCUT2D eigenvalue weighted by Crippen LogP contribution is -2.38. The first-order chi connectivity index (χ1) is 12.6. The van der Waals surface area contributed by atoms with Crippen LogP contribution in [0.4, 0.5) is 4.79 Å². The van der Waals surface area contributed by atoms with Crippen molar-refractivity contribution in [3.63, 3.8) is 0 Å². The second kappa shape index (κ2) is 8.06. The molecule has 0 aliphatic carbocycles. The molecule has 1 heterocycles. The molecule has 0 radical (unpaired) electrons. The number of furan rings is 1. The maximum Gasteiger partial charge on any atom is 0.318 e. The minimum atomic E-state index is -0.170. The SMILES string of the molecule is COCc1ccccc1CNC(=O)N(C)C(C)c1cc2ccccc2o1. The van der Waals surface area contributed by atoms with Crippen LogP contribution in [0.3, 0.4) is 0 Å². The number of nitrogens with zero attached hydrogens (tertiary/aromatic N) is 1. The van der Waals surface area contributed by atoms with Crippen molar-refractivity contribution in [1.82, 2.24) is 10.2 Å². The number of amides is 2. The van der Waals surface area contributed by atoms with E-state index < -0.39 is 0 Å². The molecule has 1 aromatic heterocycles. The average molecular weight is 352 g/mol. The Bertz CT molecular complexity index is 855. The summed E-state index contributed by atoms with van der Waals surface area (Å²) in [6.45, 7) is 2.93. The summed E-state index contributed by atoms with van der Waals surface area (Å²) in [5, 5.41) is 4.01. The number of carbonyl (C=O) groups excluding carboxylic acids is 1. The highest BCUT2D eigenvalue weighted by Gasteiger charge is 2.20. The van der Waals surface area contributed by atoms with Crippen molar-refractivity contribution in [2.75, 3.05) is 14.2 Å². The van der Waals surface area contributed by atoms with Gasteiger partial charge in [-0.05, 0) is 30.2 Å². The van der Waals surface area contributed by atoms with Crippen LogP contribution < -0.4 is 5.32 Å². The number of ether oxygens (including phenoxy) is 1. The van der Waals surface area contributed by atoms with Crippen molar-refractivity contribution in [3.05, 3.63) is 71.5 Å². The minimum absolute atomic E-state index is 0.148. The van der Waals surface area contributed by atoms with E-state index in [4.69, 9.17) is 9.15 Å². The molecule has 0 fully saturated rings. The zero-order valence-electron chi connectivity index (χ0n) is 15.4. The van der Waals surface area contributed by atoms with Crippen LogP contribution in [0.1, 0.15) is 29.9 Å². The molecule has 5 nitrogen and oxygen atoms in total. The molecule has 3 aromatic rings. The average Bonchev–Trinajstić information content (AvgIpc) is 3.10. The number of rotatable bonds is 6. The van der Waals surface area contributed by atoms with E-state index in [1.54, 1.807) is 19.1 Å². The summed E-state index contributed by atoms with van der Waals surface area (Å²) in [7, 11) is 3.44. The van der Waals surface area contributed by atoms with E-state index >= 15 is 0 Å². The molecule has 3 rings (SSSR count). The van der Waals surface area contributed by atoms with Gasteiger partial charge in [0.2, 0.25) is 0 Å². The van der Waals surface area contributed by atoms with Crippen LogP contribution >= 0.6 is 0 Å². The van der Waals surface area contributed by atoms with Gasteiger partial charge in [-0.2, -0.15) is 0 Å². The molecule has 136 valence electrons. The van der Waals surface area contributed by atoms with Crippen molar-refractivity contribution in [2.45, 2.75) is 26.1 Å². The third kappa shape index (κ3) is 3.89. The molecule has 2 amide bonds. The van der Waals surface area contributed by atoms with E-state index in [1.165, 1.54) is 0 Å². The van der Waals surface area contributed by atoms with Crippen LogP contribution in [0.2, 0.25) is 0 Å². The highest BCUT2D eigenvalue weighted by atomic mass is 16.5. The lowest BCUT2D eigenvalue weighted by atomic mass is 10.1. The lowest BCUT2D eigenvalue weighted by Gasteiger charge is -2.24. The molecular formula is C21H24N2O3. The van der Waals surface area contributed by atoms with Crippen LogP contribution in [0, 0.1) is 0 Å². The van der Waals surface area contributed by atoms with E-state index in [2.05, 4.69) is 5.32 Å². The third-order valence-corrected chi connectivity index (χ3v) is 4.61. The number of hydrogen-bond donors (Lipinski definition) is 1. The monoisotopic (exact) mass is 352 g/mol. The summed E-state index contributed by atoms with van der Waals surface area (Å²) >= 11 is 0. The first-order valence-corrected chi connectivity index (χ1v) is 8.65. The Morgan fingerprint density at radius 2 is 1.85 bits per heavy atom. The van der Waals surface area contributed by atoms with Gasteiger partial charge in [-0.15, -0.1) is 0 Å². The van der Waals surface area contributed by atoms with Crippen molar-refractivity contribution in [2.24, 2.45) is 0 Å².